The highest BCUT2D eigenvalue weighted by Gasteiger charge is 2.18. The third-order valence-corrected chi connectivity index (χ3v) is 3.72. The van der Waals surface area contributed by atoms with E-state index >= 15 is 0 Å². The fourth-order valence-electron chi connectivity index (χ4n) is 1.76. The van der Waals surface area contributed by atoms with E-state index in [1.165, 1.54) is 23.9 Å². The Morgan fingerprint density at radius 1 is 1.53 bits per heavy atom. The first-order chi connectivity index (χ1) is 9.08. The summed E-state index contributed by atoms with van der Waals surface area (Å²) in [4.78, 5) is 24.4. The smallest absolute Gasteiger partial charge is 0.338 e. The Balaban J connectivity index is 1.91. The number of urea groups is 1. The average molecular weight is 284 g/mol. The van der Waals surface area contributed by atoms with Gasteiger partial charge in [0, 0.05) is 30.3 Å². The lowest BCUT2D eigenvalue weighted by Crippen LogP contribution is -2.30. The molecule has 19 heavy (non-hydrogen) atoms. The zero-order valence-electron chi connectivity index (χ0n) is 10.1. The highest BCUT2D eigenvalue weighted by atomic mass is 32.2. The lowest BCUT2D eigenvalue weighted by atomic mass is 10.2. The minimum atomic E-state index is -1.28. The Bertz CT molecular complexity index is 510. The largest absolute Gasteiger partial charge is 0.478 e. The number of nitrogens with one attached hydrogen (secondary N) is 1. The first-order valence-corrected chi connectivity index (χ1v) is 6.75. The quantitative estimate of drug-likeness (QED) is 0.807. The van der Waals surface area contributed by atoms with E-state index in [9.17, 15) is 14.0 Å². The molecule has 0 aromatic heterocycles. The lowest BCUT2D eigenvalue weighted by Gasteiger charge is -2.13. The van der Waals surface area contributed by atoms with Crippen LogP contribution in [-0.4, -0.2) is 47.4 Å². The molecule has 5 nitrogen and oxygen atoms in total. The summed E-state index contributed by atoms with van der Waals surface area (Å²) in [5.74, 6) is -1.38. The Labute approximate surface area is 113 Å². The van der Waals surface area contributed by atoms with Gasteiger partial charge in [-0.15, -0.1) is 11.8 Å². The molecule has 1 aromatic carbocycles. The Hall–Kier alpha value is -1.76. The van der Waals surface area contributed by atoms with Gasteiger partial charge in [-0.25, -0.2) is 14.0 Å². The van der Waals surface area contributed by atoms with Gasteiger partial charge in [0.25, 0.3) is 0 Å². The normalized spacial score (nSPS) is 14.6. The molecule has 0 unspecified atom stereocenters. The first kappa shape index (κ1) is 13.7. The van der Waals surface area contributed by atoms with Crippen LogP contribution in [0, 0.1) is 5.82 Å². The minimum Gasteiger partial charge on any atom is -0.478 e. The van der Waals surface area contributed by atoms with Gasteiger partial charge in [0.05, 0.1) is 5.56 Å². The topological polar surface area (TPSA) is 69.6 Å². The van der Waals surface area contributed by atoms with E-state index < -0.39 is 11.8 Å². The molecular weight excluding hydrogens is 271 g/mol. The summed E-state index contributed by atoms with van der Waals surface area (Å²) in [6.45, 7) is 1.92. The van der Waals surface area contributed by atoms with E-state index in [4.69, 9.17) is 5.11 Å². The number of carboxylic acid groups (broad SMARTS) is 1. The van der Waals surface area contributed by atoms with Crippen molar-refractivity contribution in [2.24, 2.45) is 0 Å². The SMILES string of the molecule is O=C(O)c1cc(SCCN2CCNC2=O)ccc1F. The van der Waals surface area contributed by atoms with Crippen LogP contribution in [0.5, 0.6) is 0 Å². The number of rotatable bonds is 5. The van der Waals surface area contributed by atoms with Gasteiger partial charge in [0.2, 0.25) is 0 Å². The van der Waals surface area contributed by atoms with Gasteiger partial charge in [-0.1, -0.05) is 0 Å². The molecule has 2 rings (SSSR count). The molecular formula is C12H13FN2O3S. The number of aromatic carboxylic acids is 1. The lowest BCUT2D eigenvalue weighted by molar-refractivity contribution is 0.0691. The summed E-state index contributed by atoms with van der Waals surface area (Å²) in [6, 6.07) is 3.92. The molecule has 0 radical (unpaired) electrons. The van der Waals surface area contributed by atoms with Crippen molar-refractivity contribution >= 4 is 23.8 Å². The molecule has 1 aromatic rings. The maximum atomic E-state index is 13.2. The molecule has 0 spiro atoms. The first-order valence-electron chi connectivity index (χ1n) is 5.76. The highest BCUT2D eigenvalue weighted by molar-refractivity contribution is 7.99. The van der Waals surface area contributed by atoms with Gasteiger partial charge >= 0.3 is 12.0 Å². The summed E-state index contributed by atoms with van der Waals surface area (Å²) in [5.41, 5.74) is -0.330. The highest BCUT2D eigenvalue weighted by Crippen LogP contribution is 2.21. The number of hydrogen-bond acceptors (Lipinski definition) is 3. The molecule has 1 fully saturated rings. The molecule has 1 heterocycles. The van der Waals surface area contributed by atoms with Crippen molar-refractivity contribution in [1.29, 1.82) is 0 Å². The summed E-state index contributed by atoms with van der Waals surface area (Å²) < 4.78 is 13.2. The fourth-order valence-corrected chi connectivity index (χ4v) is 2.67. The van der Waals surface area contributed by atoms with Crippen molar-refractivity contribution in [2.75, 3.05) is 25.4 Å². The standard InChI is InChI=1S/C12H13FN2O3S/c13-10-2-1-8(7-9(10)11(16)17)19-6-5-15-4-3-14-12(15)18/h1-2,7H,3-6H2,(H,14,18)(H,16,17). The number of thioether (sulfide) groups is 1. The monoisotopic (exact) mass is 284 g/mol. The molecule has 7 heteroatoms. The summed E-state index contributed by atoms with van der Waals surface area (Å²) in [6.07, 6.45) is 0. The van der Waals surface area contributed by atoms with Gasteiger partial charge in [-0.3, -0.25) is 0 Å². The molecule has 0 aliphatic carbocycles. The van der Waals surface area contributed by atoms with Crippen molar-refractivity contribution < 1.29 is 19.1 Å². The number of carbonyl (C=O) groups excluding carboxylic acids is 1. The average Bonchev–Trinajstić information content (AvgIpc) is 2.77. The third kappa shape index (κ3) is 3.37. The second-order valence-corrected chi connectivity index (χ2v) is 5.18. The number of carboxylic acids is 1. The van der Waals surface area contributed by atoms with Crippen LogP contribution in [-0.2, 0) is 0 Å². The van der Waals surface area contributed by atoms with Gasteiger partial charge in [-0.2, -0.15) is 0 Å². The van der Waals surface area contributed by atoms with Crippen LogP contribution < -0.4 is 5.32 Å². The molecule has 2 amide bonds. The van der Waals surface area contributed by atoms with Crippen molar-refractivity contribution in [1.82, 2.24) is 10.2 Å². The third-order valence-electron chi connectivity index (χ3n) is 2.74. The number of amides is 2. The van der Waals surface area contributed by atoms with E-state index in [1.807, 2.05) is 0 Å². The zero-order valence-corrected chi connectivity index (χ0v) is 10.9. The molecule has 2 N–H and O–H groups in total. The van der Waals surface area contributed by atoms with Crippen molar-refractivity contribution in [2.45, 2.75) is 4.90 Å². The molecule has 0 saturated carbocycles. The number of halogens is 1. The van der Waals surface area contributed by atoms with Gasteiger partial charge in [0.15, 0.2) is 0 Å². The van der Waals surface area contributed by atoms with E-state index in [0.29, 0.717) is 30.3 Å². The van der Waals surface area contributed by atoms with E-state index in [-0.39, 0.29) is 11.6 Å². The van der Waals surface area contributed by atoms with Crippen LogP contribution in [0.25, 0.3) is 0 Å². The van der Waals surface area contributed by atoms with Crippen LogP contribution in [0.3, 0.4) is 0 Å². The summed E-state index contributed by atoms with van der Waals surface area (Å²) >= 11 is 1.40. The predicted octanol–water partition coefficient (Wildman–Crippen LogP) is 1.64. The molecule has 0 bridgehead atoms. The minimum absolute atomic E-state index is 0.0778. The number of carbonyl (C=O) groups is 2. The van der Waals surface area contributed by atoms with Crippen molar-refractivity contribution in [3.8, 4) is 0 Å². The maximum absolute atomic E-state index is 13.2. The van der Waals surface area contributed by atoms with Crippen LogP contribution >= 0.6 is 11.8 Å². The number of hydrogen-bond donors (Lipinski definition) is 2. The zero-order chi connectivity index (χ0) is 13.8. The van der Waals surface area contributed by atoms with Crippen LogP contribution in [0.2, 0.25) is 0 Å². The molecule has 0 atom stereocenters. The van der Waals surface area contributed by atoms with Crippen molar-refractivity contribution in [3.05, 3.63) is 29.6 Å². The predicted molar refractivity (Wildman–Crippen MR) is 69.1 cm³/mol. The fraction of sp³-hybridized carbons (Fsp3) is 0.333. The molecule has 1 aliphatic heterocycles. The Kier molecular flexibility index (Phi) is 4.26. The van der Waals surface area contributed by atoms with Gasteiger partial charge in [-0.05, 0) is 18.2 Å². The Morgan fingerprint density at radius 3 is 2.95 bits per heavy atom. The van der Waals surface area contributed by atoms with Crippen LogP contribution in [0.1, 0.15) is 10.4 Å². The number of nitrogens with zero attached hydrogens (tertiary/aromatic N) is 1. The summed E-state index contributed by atoms with van der Waals surface area (Å²) in [7, 11) is 0. The van der Waals surface area contributed by atoms with Gasteiger partial charge in [0.1, 0.15) is 5.82 Å². The van der Waals surface area contributed by atoms with E-state index in [1.54, 1.807) is 4.90 Å². The Morgan fingerprint density at radius 2 is 2.32 bits per heavy atom. The van der Waals surface area contributed by atoms with E-state index in [2.05, 4.69) is 5.32 Å². The molecule has 1 aliphatic rings. The molecule has 102 valence electrons. The van der Waals surface area contributed by atoms with Gasteiger partial charge < -0.3 is 15.3 Å². The number of benzene rings is 1. The second-order valence-electron chi connectivity index (χ2n) is 4.01. The summed E-state index contributed by atoms with van der Waals surface area (Å²) in [5, 5.41) is 11.5. The maximum Gasteiger partial charge on any atom is 0.338 e. The van der Waals surface area contributed by atoms with Crippen LogP contribution in [0.4, 0.5) is 9.18 Å². The van der Waals surface area contributed by atoms with E-state index in [0.717, 1.165) is 6.07 Å². The molecule has 1 saturated heterocycles. The second kappa shape index (κ2) is 5.92. The van der Waals surface area contributed by atoms with Crippen molar-refractivity contribution in [3.63, 3.8) is 0 Å². The van der Waals surface area contributed by atoms with Crippen LogP contribution in [0.15, 0.2) is 23.1 Å².